The molecule has 0 aliphatic carbocycles. The van der Waals surface area contributed by atoms with Crippen molar-refractivity contribution >= 4 is 11.3 Å². The number of fused-ring (bicyclic) bond motifs is 3. The quantitative estimate of drug-likeness (QED) is 0.488. The first-order chi connectivity index (χ1) is 5.95. The first kappa shape index (κ1) is 5.77. The van der Waals surface area contributed by atoms with Crippen LogP contribution in [0, 0.1) is 0 Å². The second-order valence-electron chi connectivity index (χ2n) is 2.62. The zero-order valence-corrected chi connectivity index (χ0v) is 6.25. The van der Waals surface area contributed by atoms with Crippen molar-refractivity contribution in [3.05, 3.63) is 36.9 Å². The summed E-state index contributed by atoms with van der Waals surface area (Å²) in [6.45, 7) is 0. The maximum atomic E-state index is 4.13. The second-order valence-corrected chi connectivity index (χ2v) is 2.62. The van der Waals surface area contributed by atoms with E-state index in [4.69, 9.17) is 0 Å². The minimum atomic E-state index is 0.845. The summed E-state index contributed by atoms with van der Waals surface area (Å²) in [7, 11) is 0. The molecule has 3 rings (SSSR count). The van der Waals surface area contributed by atoms with Gasteiger partial charge in [-0.05, 0) is 18.2 Å². The molecule has 0 spiro atoms. The fraction of sp³-hybridized carbons (Fsp3) is 0. The lowest BCUT2D eigenvalue weighted by molar-refractivity contribution is 0.930. The predicted molar refractivity (Wildman–Crippen MR) is 43.9 cm³/mol. The molecule has 0 radical (unpaired) electrons. The standard InChI is InChI=1S/C8H6N4/c1-2-7-3-5-12-8(9-6-10-12)11(7)4-1/h1-6H. The highest BCUT2D eigenvalue weighted by Gasteiger charge is 1.98. The Bertz CT molecular complexity index is 484. The van der Waals surface area contributed by atoms with Gasteiger partial charge in [-0.25, -0.2) is 4.52 Å². The number of rotatable bonds is 0. The molecule has 0 bridgehead atoms. The van der Waals surface area contributed by atoms with Crippen LogP contribution in [0.25, 0.3) is 11.3 Å². The van der Waals surface area contributed by atoms with Gasteiger partial charge in [0.15, 0.2) is 0 Å². The van der Waals surface area contributed by atoms with Gasteiger partial charge >= 0.3 is 0 Å². The van der Waals surface area contributed by atoms with Gasteiger partial charge in [-0.1, -0.05) is 0 Å². The molecular weight excluding hydrogens is 152 g/mol. The van der Waals surface area contributed by atoms with Gasteiger partial charge in [0.25, 0.3) is 0 Å². The molecule has 0 saturated carbocycles. The molecule has 0 aromatic carbocycles. The molecule has 3 aromatic heterocycles. The van der Waals surface area contributed by atoms with Gasteiger partial charge < -0.3 is 0 Å². The maximum absolute atomic E-state index is 4.13. The fourth-order valence-corrected chi connectivity index (χ4v) is 1.38. The van der Waals surface area contributed by atoms with Gasteiger partial charge in [-0.3, -0.25) is 4.40 Å². The second kappa shape index (κ2) is 1.85. The highest BCUT2D eigenvalue weighted by Crippen LogP contribution is 2.06. The van der Waals surface area contributed by atoms with E-state index < -0.39 is 0 Å². The van der Waals surface area contributed by atoms with E-state index in [0.717, 1.165) is 11.3 Å². The molecule has 0 fully saturated rings. The van der Waals surface area contributed by atoms with Crippen LogP contribution in [0.15, 0.2) is 36.9 Å². The van der Waals surface area contributed by atoms with E-state index in [1.54, 1.807) is 10.8 Å². The molecule has 4 nitrogen and oxygen atoms in total. The van der Waals surface area contributed by atoms with E-state index in [1.165, 1.54) is 0 Å². The zero-order chi connectivity index (χ0) is 7.97. The first-order valence-electron chi connectivity index (χ1n) is 3.70. The Labute approximate surface area is 68.1 Å². The summed E-state index contributed by atoms with van der Waals surface area (Å²) in [6, 6.07) is 6.03. The first-order valence-corrected chi connectivity index (χ1v) is 3.70. The van der Waals surface area contributed by atoms with Crippen molar-refractivity contribution in [2.24, 2.45) is 0 Å². The number of nitrogens with zero attached hydrogens (tertiary/aromatic N) is 4. The van der Waals surface area contributed by atoms with E-state index >= 15 is 0 Å². The van der Waals surface area contributed by atoms with Gasteiger partial charge in [0.2, 0.25) is 5.78 Å². The Morgan fingerprint density at radius 1 is 1.17 bits per heavy atom. The third-order valence-corrected chi connectivity index (χ3v) is 1.94. The van der Waals surface area contributed by atoms with E-state index in [1.807, 2.05) is 35.0 Å². The summed E-state index contributed by atoms with van der Waals surface area (Å²) in [6.07, 6.45) is 5.42. The fourth-order valence-electron chi connectivity index (χ4n) is 1.38. The molecule has 0 aliphatic rings. The molecule has 58 valence electrons. The average molecular weight is 158 g/mol. The topological polar surface area (TPSA) is 34.6 Å². The third-order valence-electron chi connectivity index (χ3n) is 1.94. The molecule has 0 N–H and O–H groups in total. The zero-order valence-electron chi connectivity index (χ0n) is 6.25. The Morgan fingerprint density at radius 2 is 2.17 bits per heavy atom. The van der Waals surface area contributed by atoms with Gasteiger partial charge in [0.05, 0.1) is 5.52 Å². The molecule has 0 atom stereocenters. The minimum absolute atomic E-state index is 0.845. The number of aromatic nitrogens is 4. The van der Waals surface area contributed by atoms with Gasteiger partial charge in [-0.15, -0.1) is 0 Å². The van der Waals surface area contributed by atoms with Gasteiger partial charge in [-0.2, -0.15) is 10.1 Å². The molecule has 4 heteroatoms. The van der Waals surface area contributed by atoms with Crippen molar-refractivity contribution in [1.82, 2.24) is 19.0 Å². The van der Waals surface area contributed by atoms with Crippen LogP contribution >= 0.6 is 0 Å². The van der Waals surface area contributed by atoms with Crippen molar-refractivity contribution in [2.75, 3.05) is 0 Å². The van der Waals surface area contributed by atoms with Crippen LogP contribution < -0.4 is 0 Å². The normalized spacial score (nSPS) is 11.3. The third kappa shape index (κ3) is 0.567. The Hall–Kier alpha value is -1.84. The Morgan fingerprint density at radius 3 is 3.17 bits per heavy atom. The van der Waals surface area contributed by atoms with E-state index in [9.17, 15) is 0 Å². The van der Waals surface area contributed by atoms with Crippen molar-refractivity contribution in [1.29, 1.82) is 0 Å². The van der Waals surface area contributed by atoms with Crippen LogP contribution in [0.5, 0.6) is 0 Å². The van der Waals surface area contributed by atoms with Gasteiger partial charge in [0, 0.05) is 12.4 Å². The molecule has 3 heterocycles. The molecule has 0 aliphatic heterocycles. The highest BCUT2D eigenvalue weighted by molar-refractivity contribution is 5.52. The summed E-state index contributed by atoms with van der Waals surface area (Å²) < 4.78 is 3.74. The van der Waals surface area contributed by atoms with Crippen LogP contribution in [0.4, 0.5) is 0 Å². The van der Waals surface area contributed by atoms with Crippen LogP contribution in [0.2, 0.25) is 0 Å². The van der Waals surface area contributed by atoms with Crippen molar-refractivity contribution in [2.45, 2.75) is 0 Å². The molecule has 3 aromatic rings. The van der Waals surface area contributed by atoms with Crippen LogP contribution in [-0.2, 0) is 0 Å². The van der Waals surface area contributed by atoms with Crippen molar-refractivity contribution < 1.29 is 0 Å². The largest absolute Gasteiger partial charge is 0.286 e. The van der Waals surface area contributed by atoms with Crippen LogP contribution in [-0.4, -0.2) is 19.0 Å². The Balaban J connectivity index is 2.71. The lowest BCUT2D eigenvalue weighted by atomic mass is 10.5. The van der Waals surface area contributed by atoms with Crippen molar-refractivity contribution in [3.8, 4) is 0 Å². The average Bonchev–Trinajstić information content (AvgIpc) is 2.71. The Kier molecular flexibility index (Phi) is 0.889. The summed E-state index contributed by atoms with van der Waals surface area (Å²) in [4.78, 5) is 4.13. The summed E-state index contributed by atoms with van der Waals surface area (Å²) >= 11 is 0. The molecule has 0 unspecified atom stereocenters. The SMILES string of the molecule is c1cc2ccn3ncnc3n2c1. The highest BCUT2D eigenvalue weighted by atomic mass is 15.3. The lowest BCUT2D eigenvalue weighted by Gasteiger charge is -1.95. The maximum Gasteiger partial charge on any atom is 0.236 e. The lowest BCUT2D eigenvalue weighted by Crippen LogP contribution is -1.93. The number of hydrogen-bond acceptors (Lipinski definition) is 2. The smallest absolute Gasteiger partial charge is 0.236 e. The predicted octanol–water partition coefficient (Wildman–Crippen LogP) is 0.982. The van der Waals surface area contributed by atoms with Crippen LogP contribution in [0.3, 0.4) is 0 Å². The summed E-state index contributed by atoms with van der Waals surface area (Å²) in [5, 5.41) is 4.03. The number of hydrogen-bond donors (Lipinski definition) is 0. The van der Waals surface area contributed by atoms with Crippen LogP contribution in [0.1, 0.15) is 0 Å². The van der Waals surface area contributed by atoms with E-state index in [2.05, 4.69) is 10.1 Å². The molecule has 12 heavy (non-hydrogen) atoms. The van der Waals surface area contributed by atoms with Crippen molar-refractivity contribution in [3.63, 3.8) is 0 Å². The minimum Gasteiger partial charge on any atom is -0.286 e. The van der Waals surface area contributed by atoms with Gasteiger partial charge in [0.1, 0.15) is 6.33 Å². The summed E-state index contributed by atoms with van der Waals surface area (Å²) in [5.41, 5.74) is 1.13. The van der Waals surface area contributed by atoms with E-state index in [-0.39, 0.29) is 0 Å². The molecule has 0 amide bonds. The molecular formula is C8H6N4. The monoisotopic (exact) mass is 158 g/mol. The van der Waals surface area contributed by atoms with E-state index in [0.29, 0.717) is 0 Å². The molecule has 0 saturated heterocycles. The summed E-state index contributed by atoms with van der Waals surface area (Å²) in [5.74, 6) is 0.845.